The standard InChI is InChI=1S/C14H21N3/c1-3-5-12(4-2)17-13-6-7-14(16)11(10-13)8-9-15/h6-7,10,12,17H,3-5,8,16H2,1-2H3. The highest BCUT2D eigenvalue weighted by atomic mass is 14.9. The van der Waals surface area contributed by atoms with E-state index >= 15 is 0 Å². The number of anilines is 2. The Morgan fingerprint density at radius 3 is 2.76 bits per heavy atom. The Balaban J connectivity index is 2.77. The van der Waals surface area contributed by atoms with Crippen LogP contribution in [-0.2, 0) is 6.42 Å². The van der Waals surface area contributed by atoms with Crippen LogP contribution in [0, 0.1) is 11.3 Å². The van der Waals surface area contributed by atoms with Crippen molar-refractivity contribution in [1.82, 2.24) is 0 Å². The quantitative estimate of drug-likeness (QED) is 0.738. The first-order valence-corrected chi connectivity index (χ1v) is 6.23. The van der Waals surface area contributed by atoms with Crippen molar-refractivity contribution in [3.63, 3.8) is 0 Å². The van der Waals surface area contributed by atoms with Crippen LogP contribution in [0.4, 0.5) is 11.4 Å². The van der Waals surface area contributed by atoms with Crippen molar-refractivity contribution >= 4 is 11.4 Å². The van der Waals surface area contributed by atoms with Crippen LogP contribution in [0.3, 0.4) is 0 Å². The minimum atomic E-state index is 0.367. The minimum absolute atomic E-state index is 0.367. The van der Waals surface area contributed by atoms with Crippen molar-refractivity contribution < 1.29 is 0 Å². The van der Waals surface area contributed by atoms with E-state index in [0.717, 1.165) is 24.1 Å². The van der Waals surface area contributed by atoms with E-state index in [2.05, 4.69) is 25.2 Å². The maximum atomic E-state index is 8.72. The summed E-state index contributed by atoms with van der Waals surface area (Å²) in [6, 6.07) is 8.47. The molecule has 1 unspecified atom stereocenters. The van der Waals surface area contributed by atoms with Crippen LogP contribution in [0.1, 0.15) is 38.7 Å². The number of nitrogens with one attached hydrogen (secondary N) is 1. The molecule has 0 aromatic heterocycles. The molecule has 1 rings (SSSR count). The van der Waals surface area contributed by atoms with E-state index < -0.39 is 0 Å². The normalized spacial score (nSPS) is 11.8. The second-order valence-electron chi connectivity index (χ2n) is 4.29. The van der Waals surface area contributed by atoms with E-state index in [0.29, 0.717) is 18.2 Å². The number of rotatable bonds is 6. The largest absolute Gasteiger partial charge is 0.398 e. The third-order valence-corrected chi connectivity index (χ3v) is 2.91. The van der Waals surface area contributed by atoms with Gasteiger partial charge in [-0.25, -0.2) is 0 Å². The molecule has 1 aromatic carbocycles. The minimum Gasteiger partial charge on any atom is -0.398 e. The molecular formula is C14H21N3. The van der Waals surface area contributed by atoms with Gasteiger partial charge in [0.1, 0.15) is 0 Å². The van der Waals surface area contributed by atoms with E-state index in [1.807, 2.05) is 18.2 Å². The summed E-state index contributed by atoms with van der Waals surface area (Å²) >= 11 is 0. The number of nitriles is 1. The van der Waals surface area contributed by atoms with E-state index in [9.17, 15) is 0 Å². The molecule has 0 aliphatic carbocycles. The Labute approximate surface area is 104 Å². The first-order chi connectivity index (χ1) is 8.21. The van der Waals surface area contributed by atoms with Crippen LogP contribution in [-0.4, -0.2) is 6.04 Å². The van der Waals surface area contributed by atoms with E-state index in [1.165, 1.54) is 6.42 Å². The van der Waals surface area contributed by atoms with Crippen LogP contribution in [0.5, 0.6) is 0 Å². The monoisotopic (exact) mass is 231 g/mol. The highest BCUT2D eigenvalue weighted by Crippen LogP contribution is 2.20. The lowest BCUT2D eigenvalue weighted by atomic mass is 10.1. The summed E-state index contributed by atoms with van der Waals surface area (Å²) < 4.78 is 0. The number of hydrogen-bond donors (Lipinski definition) is 2. The second-order valence-corrected chi connectivity index (χ2v) is 4.29. The average molecular weight is 231 g/mol. The van der Waals surface area contributed by atoms with Crippen LogP contribution in [0.15, 0.2) is 18.2 Å². The van der Waals surface area contributed by atoms with Gasteiger partial charge in [-0.3, -0.25) is 0 Å². The van der Waals surface area contributed by atoms with Gasteiger partial charge in [0.25, 0.3) is 0 Å². The zero-order chi connectivity index (χ0) is 12.7. The summed E-state index contributed by atoms with van der Waals surface area (Å²) in [6.07, 6.45) is 3.80. The van der Waals surface area contributed by atoms with Crippen LogP contribution < -0.4 is 11.1 Å². The van der Waals surface area contributed by atoms with E-state index in [-0.39, 0.29) is 0 Å². The summed E-state index contributed by atoms with van der Waals surface area (Å²) in [5, 5.41) is 12.2. The van der Waals surface area contributed by atoms with Gasteiger partial charge in [0.15, 0.2) is 0 Å². The van der Waals surface area contributed by atoms with Gasteiger partial charge in [-0.05, 0) is 36.6 Å². The maximum Gasteiger partial charge on any atom is 0.0670 e. The zero-order valence-corrected chi connectivity index (χ0v) is 10.7. The summed E-state index contributed by atoms with van der Waals surface area (Å²) in [6.45, 7) is 4.37. The first-order valence-electron chi connectivity index (χ1n) is 6.23. The molecule has 0 aliphatic heterocycles. The topological polar surface area (TPSA) is 61.8 Å². The Kier molecular flexibility index (Phi) is 5.35. The lowest BCUT2D eigenvalue weighted by Gasteiger charge is -2.18. The Morgan fingerprint density at radius 1 is 1.41 bits per heavy atom. The lowest BCUT2D eigenvalue weighted by molar-refractivity contribution is 0.623. The van der Waals surface area contributed by atoms with Crippen molar-refractivity contribution in [2.24, 2.45) is 0 Å². The van der Waals surface area contributed by atoms with Crippen LogP contribution in [0.25, 0.3) is 0 Å². The predicted molar refractivity (Wildman–Crippen MR) is 72.8 cm³/mol. The molecule has 0 aliphatic rings. The lowest BCUT2D eigenvalue weighted by Crippen LogP contribution is -2.18. The third kappa shape index (κ3) is 3.99. The average Bonchev–Trinajstić information content (AvgIpc) is 2.33. The van der Waals surface area contributed by atoms with Crippen molar-refractivity contribution in [3.8, 4) is 6.07 Å². The molecule has 1 aromatic rings. The molecule has 0 fully saturated rings. The summed E-state index contributed by atoms with van der Waals surface area (Å²) in [7, 11) is 0. The summed E-state index contributed by atoms with van der Waals surface area (Å²) in [5.41, 5.74) is 8.48. The third-order valence-electron chi connectivity index (χ3n) is 2.91. The van der Waals surface area contributed by atoms with Gasteiger partial charge < -0.3 is 11.1 Å². The van der Waals surface area contributed by atoms with Crippen molar-refractivity contribution in [3.05, 3.63) is 23.8 Å². The highest BCUT2D eigenvalue weighted by molar-refractivity contribution is 5.58. The van der Waals surface area contributed by atoms with Gasteiger partial charge in [0.2, 0.25) is 0 Å². The van der Waals surface area contributed by atoms with Crippen LogP contribution >= 0.6 is 0 Å². The molecule has 3 nitrogen and oxygen atoms in total. The Bertz CT molecular complexity index is 393. The second kappa shape index (κ2) is 6.80. The molecule has 1 atom stereocenters. The molecule has 0 saturated carbocycles. The molecule has 3 N–H and O–H groups in total. The molecular weight excluding hydrogens is 210 g/mol. The highest BCUT2D eigenvalue weighted by Gasteiger charge is 2.06. The van der Waals surface area contributed by atoms with Crippen molar-refractivity contribution in [2.45, 2.75) is 45.6 Å². The number of nitrogens with zero attached hydrogens (tertiary/aromatic N) is 1. The number of nitrogen functional groups attached to an aromatic ring is 1. The molecule has 17 heavy (non-hydrogen) atoms. The fraction of sp³-hybridized carbons (Fsp3) is 0.500. The van der Waals surface area contributed by atoms with Gasteiger partial charge in [-0.2, -0.15) is 5.26 Å². The predicted octanol–water partition coefficient (Wildman–Crippen LogP) is 3.33. The fourth-order valence-corrected chi connectivity index (χ4v) is 1.90. The molecule has 0 saturated heterocycles. The molecule has 92 valence electrons. The molecule has 0 amide bonds. The molecule has 0 spiro atoms. The zero-order valence-electron chi connectivity index (χ0n) is 10.7. The van der Waals surface area contributed by atoms with Gasteiger partial charge in [-0.15, -0.1) is 0 Å². The van der Waals surface area contributed by atoms with E-state index in [1.54, 1.807) is 0 Å². The molecule has 0 heterocycles. The number of benzene rings is 1. The van der Waals surface area contributed by atoms with E-state index in [4.69, 9.17) is 11.0 Å². The number of hydrogen-bond acceptors (Lipinski definition) is 3. The van der Waals surface area contributed by atoms with Gasteiger partial charge in [0.05, 0.1) is 12.5 Å². The van der Waals surface area contributed by atoms with Crippen LogP contribution in [0.2, 0.25) is 0 Å². The smallest absolute Gasteiger partial charge is 0.0670 e. The SMILES string of the molecule is CCCC(CC)Nc1ccc(N)c(CC#N)c1. The van der Waals surface area contributed by atoms with Crippen molar-refractivity contribution in [1.29, 1.82) is 5.26 Å². The molecule has 3 heteroatoms. The molecule has 0 radical (unpaired) electrons. The van der Waals surface area contributed by atoms with Gasteiger partial charge in [0, 0.05) is 17.4 Å². The van der Waals surface area contributed by atoms with Gasteiger partial charge in [-0.1, -0.05) is 20.3 Å². The summed E-state index contributed by atoms with van der Waals surface area (Å²) in [4.78, 5) is 0. The maximum absolute atomic E-state index is 8.72. The fourth-order valence-electron chi connectivity index (χ4n) is 1.90. The first kappa shape index (κ1) is 13.4. The Hall–Kier alpha value is -1.69. The van der Waals surface area contributed by atoms with Gasteiger partial charge >= 0.3 is 0 Å². The Morgan fingerprint density at radius 2 is 2.18 bits per heavy atom. The summed E-state index contributed by atoms with van der Waals surface area (Å²) in [5.74, 6) is 0. The molecule has 0 bridgehead atoms. The van der Waals surface area contributed by atoms with Crippen molar-refractivity contribution in [2.75, 3.05) is 11.1 Å². The number of nitrogens with two attached hydrogens (primary N) is 1.